The minimum Gasteiger partial charge on any atom is -0.312 e. The van der Waals surface area contributed by atoms with Gasteiger partial charge in [-0.3, -0.25) is 4.90 Å². The second-order valence-electron chi connectivity index (χ2n) is 3.95. The summed E-state index contributed by atoms with van der Waals surface area (Å²) in [6, 6.07) is 0. The van der Waals surface area contributed by atoms with Gasteiger partial charge in [-0.2, -0.15) is 0 Å². The average Bonchev–Trinajstić information content (AvgIpc) is 2.27. The molecule has 0 aliphatic carbocycles. The lowest BCUT2D eigenvalue weighted by molar-refractivity contribution is 0.278. The van der Waals surface area contributed by atoms with Crippen LogP contribution in [0.1, 0.15) is 13.8 Å². The monoisotopic (exact) mass is 232 g/mol. The molecule has 0 fully saturated rings. The van der Waals surface area contributed by atoms with Gasteiger partial charge in [0.2, 0.25) is 0 Å². The van der Waals surface area contributed by atoms with E-state index in [4.69, 9.17) is 5.73 Å². The summed E-state index contributed by atoms with van der Waals surface area (Å²) in [5.41, 5.74) is 8.04. The molecule has 0 aromatic carbocycles. The summed E-state index contributed by atoms with van der Waals surface area (Å²) in [4.78, 5) is 2.08. The summed E-state index contributed by atoms with van der Waals surface area (Å²) in [5, 5.41) is 0. The van der Waals surface area contributed by atoms with Crippen LogP contribution in [0.5, 0.6) is 0 Å². The molecule has 1 unspecified atom stereocenters. The third-order valence-electron chi connectivity index (χ3n) is 2.28. The predicted molar refractivity (Wildman–Crippen MR) is 77.7 cm³/mol. The van der Waals surface area contributed by atoms with Gasteiger partial charge in [-0.05, 0) is 25.0 Å². The normalized spacial score (nSPS) is 13.4. The number of allylic oxidation sites excluding steroid dienone is 2. The Morgan fingerprint density at radius 3 is 1.82 bits per heavy atom. The standard InChI is InChI=1S/C15H24N2/c1-6-9-13(4)11-17(15(16)8-3)12-14(5)10-7-2/h6-10,15H,3-5,11-12,16H2,1-2H3. The number of nitrogens with zero attached hydrogens (tertiary/aromatic N) is 1. The summed E-state index contributed by atoms with van der Waals surface area (Å²) in [6.45, 7) is 17.1. The second kappa shape index (κ2) is 8.74. The van der Waals surface area contributed by atoms with E-state index in [2.05, 4.69) is 24.6 Å². The fourth-order valence-corrected chi connectivity index (χ4v) is 1.51. The molecule has 2 heteroatoms. The van der Waals surface area contributed by atoms with Crippen LogP contribution in [0.3, 0.4) is 0 Å². The SMILES string of the molecule is C=CC(N)N(CC(=C)C=CC)CC(=C)C=CC. The van der Waals surface area contributed by atoms with Crippen molar-refractivity contribution in [2.24, 2.45) is 5.73 Å². The van der Waals surface area contributed by atoms with Crippen LogP contribution in [0.25, 0.3) is 0 Å². The first-order chi connectivity index (χ1) is 8.04. The highest BCUT2D eigenvalue weighted by molar-refractivity contribution is 5.20. The molecule has 0 aliphatic rings. The van der Waals surface area contributed by atoms with Crippen molar-refractivity contribution in [3.63, 3.8) is 0 Å². The zero-order chi connectivity index (χ0) is 13.3. The van der Waals surface area contributed by atoms with Gasteiger partial charge in [0.25, 0.3) is 0 Å². The quantitative estimate of drug-likeness (QED) is 0.396. The first kappa shape index (κ1) is 15.6. The minimum atomic E-state index is -0.181. The molecule has 94 valence electrons. The van der Waals surface area contributed by atoms with Crippen LogP contribution in [0, 0.1) is 0 Å². The maximum atomic E-state index is 5.98. The first-order valence-electron chi connectivity index (χ1n) is 5.78. The van der Waals surface area contributed by atoms with Crippen LogP contribution in [0.15, 0.2) is 61.3 Å². The number of rotatable bonds is 8. The van der Waals surface area contributed by atoms with E-state index >= 15 is 0 Å². The van der Waals surface area contributed by atoms with E-state index in [9.17, 15) is 0 Å². The summed E-state index contributed by atoms with van der Waals surface area (Å²) in [7, 11) is 0. The predicted octanol–water partition coefficient (Wildman–Crippen LogP) is 3.02. The lowest BCUT2D eigenvalue weighted by atomic mass is 10.2. The molecule has 17 heavy (non-hydrogen) atoms. The zero-order valence-electron chi connectivity index (χ0n) is 11.0. The van der Waals surface area contributed by atoms with E-state index in [1.54, 1.807) is 6.08 Å². The molecular weight excluding hydrogens is 208 g/mol. The second-order valence-corrected chi connectivity index (χ2v) is 3.95. The Morgan fingerprint density at radius 1 is 1.12 bits per heavy atom. The molecule has 1 atom stereocenters. The molecule has 0 saturated carbocycles. The molecule has 0 radical (unpaired) electrons. The molecule has 2 N–H and O–H groups in total. The Hall–Kier alpha value is -1.38. The molecule has 0 rings (SSSR count). The molecule has 2 nitrogen and oxygen atoms in total. The molecule has 0 heterocycles. The molecular formula is C15H24N2. The van der Waals surface area contributed by atoms with Crippen molar-refractivity contribution in [2.45, 2.75) is 20.0 Å². The van der Waals surface area contributed by atoms with Gasteiger partial charge in [-0.25, -0.2) is 0 Å². The van der Waals surface area contributed by atoms with E-state index in [-0.39, 0.29) is 6.17 Å². The fraction of sp³-hybridized carbons (Fsp3) is 0.333. The van der Waals surface area contributed by atoms with Crippen molar-refractivity contribution >= 4 is 0 Å². The Kier molecular flexibility index (Phi) is 8.03. The van der Waals surface area contributed by atoms with E-state index < -0.39 is 0 Å². The largest absolute Gasteiger partial charge is 0.312 e. The summed E-state index contributed by atoms with van der Waals surface area (Å²) < 4.78 is 0. The first-order valence-corrected chi connectivity index (χ1v) is 5.78. The van der Waals surface area contributed by atoms with Crippen molar-refractivity contribution in [3.8, 4) is 0 Å². The number of hydrogen-bond acceptors (Lipinski definition) is 2. The summed E-state index contributed by atoms with van der Waals surface area (Å²) in [6.07, 6.45) is 9.47. The van der Waals surface area contributed by atoms with E-state index in [0.717, 1.165) is 11.1 Å². The van der Waals surface area contributed by atoms with Gasteiger partial charge in [-0.1, -0.05) is 43.5 Å². The molecule has 0 saturated heterocycles. The van der Waals surface area contributed by atoms with Crippen molar-refractivity contribution in [3.05, 3.63) is 61.3 Å². The Morgan fingerprint density at radius 2 is 1.53 bits per heavy atom. The third-order valence-corrected chi connectivity index (χ3v) is 2.28. The van der Waals surface area contributed by atoms with Gasteiger partial charge in [0, 0.05) is 13.1 Å². The van der Waals surface area contributed by atoms with Gasteiger partial charge >= 0.3 is 0 Å². The summed E-state index contributed by atoms with van der Waals surface area (Å²) >= 11 is 0. The minimum absolute atomic E-state index is 0.181. The van der Waals surface area contributed by atoms with Gasteiger partial charge in [0.05, 0.1) is 6.17 Å². The molecule has 0 aliphatic heterocycles. The van der Waals surface area contributed by atoms with Crippen LogP contribution in [-0.4, -0.2) is 24.2 Å². The van der Waals surface area contributed by atoms with Crippen LogP contribution < -0.4 is 5.73 Å². The van der Waals surface area contributed by atoms with Crippen LogP contribution >= 0.6 is 0 Å². The molecule has 0 spiro atoms. The Labute approximate surface area is 106 Å². The Balaban J connectivity index is 4.59. The van der Waals surface area contributed by atoms with Gasteiger partial charge in [0.15, 0.2) is 0 Å². The molecule has 0 amide bonds. The van der Waals surface area contributed by atoms with E-state index in [0.29, 0.717) is 13.1 Å². The van der Waals surface area contributed by atoms with Crippen LogP contribution in [0.4, 0.5) is 0 Å². The molecule has 0 aromatic heterocycles. The highest BCUT2D eigenvalue weighted by Crippen LogP contribution is 2.06. The summed E-state index contributed by atoms with van der Waals surface area (Å²) in [5.74, 6) is 0. The van der Waals surface area contributed by atoms with Crippen molar-refractivity contribution in [1.82, 2.24) is 4.90 Å². The van der Waals surface area contributed by atoms with E-state index in [1.807, 2.05) is 38.2 Å². The number of hydrogen-bond donors (Lipinski definition) is 1. The number of nitrogens with two attached hydrogens (primary N) is 1. The maximum Gasteiger partial charge on any atom is 0.0767 e. The van der Waals surface area contributed by atoms with Crippen molar-refractivity contribution in [1.29, 1.82) is 0 Å². The molecule has 0 bridgehead atoms. The highest BCUT2D eigenvalue weighted by atomic mass is 15.2. The van der Waals surface area contributed by atoms with Crippen molar-refractivity contribution < 1.29 is 0 Å². The van der Waals surface area contributed by atoms with Gasteiger partial charge < -0.3 is 5.73 Å². The lowest BCUT2D eigenvalue weighted by Gasteiger charge is -2.27. The van der Waals surface area contributed by atoms with Crippen LogP contribution in [0.2, 0.25) is 0 Å². The smallest absolute Gasteiger partial charge is 0.0767 e. The Bertz CT molecular complexity index is 298. The van der Waals surface area contributed by atoms with Crippen LogP contribution in [-0.2, 0) is 0 Å². The van der Waals surface area contributed by atoms with Crippen molar-refractivity contribution in [2.75, 3.05) is 13.1 Å². The topological polar surface area (TPSA) is 29.3 Å². The van der Waals surface area contributed by atoms with E-state index in [1.165, 1.54) is 0 Å². The highest BCUT2D eigenvalue weighted by Gasteiger charge is 2.11. The fourth-order valence-electron chi connectivity index (χ4n) is 1.51. The third kappa shape index (κ3) is 6.72. The lowest BCUT2D eigenvalue weighted by Crippen LogP contribution is -2.42. The zero-order valence-corrected chi connectivity index (χ0v) is 11.0. The van der Waals surface area contributed by atoms with Gasteiger partial charge in [0.1, 0.15) is 0 Å². The average molecular weight is 232 g/mol. The van der Waals surface area contributed by atoms with Gasteiger partial charge in [-0.15, -0.1) is 6.58 Å². The molecule has 0 aromatic rings. The maximum absolute atomic E-state index is 5.98.